The van der Waals surface area contributed by atoms with Crippen LogP contribution < -0.4 is 4.74 Å². The summed E-state index contributed by atoms with van der Waals surface area (Å²) >= 11 is 0. The van der Waals surface area contributed by atoms with Crippen molar-refractivity contribution < 1.29 is 22.7 Å². The molecule has 1 heterocycles. The van der Waals surface area contributed by atoms with Gasteiger partial charge in [0.05, 0.1) is 18.6 Å². The summed E-state index contributed by atoms with van der Waals surface area (Å²) in [5.74, 6) is -0.332. The standard InChI is InChI=1S/C14H18O5S/c1-3-4-10-9-19-14(15)13(10)20(16,17)12-7-5-11(18-2)6-8-12/h5-8,10,13H,3-4,9H2,1-2H3/t10-,13?/m0/s1. The van der Waals surface area contributed by atoms with Gasteiger partial charge in [-0.05, 0) is 30.7 Å². The monoisotopic (exact) mass is 298 g/mol. The van der Waals surface area contributed by atoms with Crippen LogP contribution in [-0.4, -0.2) is 33.4 Å². The van der Waals surface area contributed by atoms with Crippen molar-refractivity contribution in [2.75, 3.05) is 13.7 Å². The Bertz CT molecular complexity index is 576. The lowest BCUT2D eigenvalue weighted by molar-refractivity contribution is -0.137. The first-order valence-electron chi connectivity index (χ1n) is 6.55. The predicted molar refractivity (Wildman–Crippen MR) is 73.3 cm³/mol. The Morgan fingerprint density at radius 3 is 2.50 bits per heavy atom. The smallest absolute Gasteiger partial charge is 0.325 e. The van der Waals surface area contributed by atoms with E-state index in [0.717, 1.165) is 6.42 Å². The molecule has 0 aromatic heterocycles. The Morgan fingerprint density at radius 2 is 1.95 bits per heavy atom. The van der Waals surface area contributed by atoms with Gasteiger partial charge in [-0.25, -0.2) is 8.42 Å². The first-order chi connectivity index (χ1) is 9.50. The van der Waals surface area contributed by atoms with Crippen LogP contribution in [0.5, 0.6) is 5.75 Å². The minimum atomic E-state index is -3.71. The van der Waals surface area contributed by atoms with Crippen LogP contribution in [0.2, 0.25) is 0 Å². The molecule has 0 saturated carbocycles. The molecule has 1 aliphatic heterocycles. The first kappa shape index (κ1) is 14.8. The highest BCUT2D eigenvalue weighted by Crippen LogP contribution is 2.31. The third kappa shape index (κ3) is 2.65. The van der Waals surface area contributed by atoms with Gasteiger partial charge in [0.1, 0.15) is 5.75 Å². The highest BCUT2D eigenvalue weighted by molar-refractivity contribution is 7.92. The number of ether oxygens (including phenoxy) is 2. The molecule has 0 radical (unpaired) electrons. The summed E-state index contributed by atoms with van der Waals surface area (Å²) in [6, 6.07) is 6.07. The molecule has 2 atom stereocenters. The second-order valence-corrected chi connectivity index (χ2v) is 6.89. The fourth-order valence-corrected chi connectivity index (χ4v) is 4.30. The third-order valence-electron chi connectivity index (χ3n) is 3.48. The molecule has 0 aliphatic carbocycles. The predicted octanol–water partition coefficient (Wildman–Crippen LogP) is 1.81. The third-order valence-corrected chi connectivity index (χ3v) is 5.66. The Labute approximate surface area is 118 Å². The number of rotatable bonds is 5. The molecule has 1 aliphatic rings. The van der Waals surface area contributed by atoms with Crippen molar-refractivity contribution in [3.8, 4) is 5.75 Å². The van der Waals surface area contributed by atoms with E-state index in [-0.39, 0.29) is 17.4 Å². The zero-order valence-corrected chi connectivity index (χ0v) is 12.4. The van der Waals surface area contributed by atoms with E-state index in [1.54, 1.807) is 12.1 Å². The molecule has 6 heteroatoms. The summed E-state index contributed by atoms with van der Waals surface area (Å²) in [5.41, 5.74) is 0. The molecule has 1 fully saturated rings. The number of sulfone groups is 1. The Morgan fingerprint density at radius 1 is 1.30 bits per heavy atom. The maximum atomic E-state index is 12.6. The molecule has 110 valence electrons. The van der Waals surface area contributed by atoms with Gasteiger partial charge in [0.15, 0.2) is 15.1 Å². The van der Waals surface area contributed by atoms with E-state index in [2.05, 4.69) is 0 Å². The molecule has 0 N–H and O–H groups in total. The number of esters is 1. The molecule has 0 bridgehead atoms. The largest absolute Gasteiger partial charge is 0.497 e. The van der Waals surface area contributed by atoms with Crippen molar-refractivity contribution in [3.05, 3.63) is 24.3 Å². The summed E-state index contributed by atoms with van der Waals surface area (Å²) < 4.78 is 35.1. The quantitative estimate of drug-likeness (QED) is 0.775. The number of methoxy groups -OCH3 is 1. The average molecular weight is 298 g/mol. The van der Waals surface area contributed by atoms with Crippen LogP contribution in [0.1, 0.15) is 19.8 Å². The van der Waals surface area contributed by atoms with Gasteiger partial charge in [0.2, 0.25) is 0 Å². The lowest BCUT2D eigenvalue weighted by Crippen LogP contribution is -2.32. The summed E-state index contributed by atoms with van der Waals surface area (Å²) in [7, 11) is -2.21. The zero-order valence-electron chi connectivity index (χ0n) is 11.5. The van der Waals surface area contributed by atoms with Gasteiger partial charge in [0.25, 0.3) is 0 Å². The van der Waals surface area contributed by atoms with Gasteiger partial charge in [-0.2, -0.15) is 0 Å². The van der Waals surface area contributed by atoms with E-state index in [1.165, 1.54) is 19.2 Å². The second kappa shape index (κ2) is 5.83. The highest BCUT2D eigenvalue weighted by atomic mass is 32.2. The van der Waals surface area contributed by atoms with Crippen molar-refractivity contribution in [3.63, 3.8) is 0 Å². The van der Waals surface area contributed by atoms with Crippen molar-refractivity contribution >= 4 is 15.8 Å². The molecule has 0 spiro atoms. The zero-order chi connectivity index (χ0) is 14.8. The molecule has 2 rings (SSSR count). The van der Waals surface area contributed by atoms with E-state index in [0.29, 0.717) is 12.2 Å². The van der Waals surface area contributed by atoms with E-state index in [4.69, 9.17) is 9.47 Å². The lowest BCUT2D eigenvalue weighted by Gasteiger charge is -2.15. The normalized spacial score (nSPS) is 22.6. The molecule has 1 aromatic carbocycles. The number of hydrogen-bond acceptors (Lipinski definition) is 5. The van der Waals surface area contributed by atoms with Gasteiger partial charge in [-0.1, -0.05) is 13.3 Å². The summed E-state index contributed by atoms with van der Waals surface area (Å²) in [6.07, 6.45) is 1.47. The van der Waals surface area contributed by atoms with E-state index >= 15 is 0 Å². The topological polar surface area (TPSA) is 69.7 Å². The van der Waals surface area contributed by atoms with Crippen LogP contribution >= 0.6 is 0 Å². The van der Waals surface area contributed by atoms with E-state index in [9.17, 15) is 13.2 Å². The minimum absolute atomic E-state index is 0.128. The van der Waals surface area contributed by atoms with Crippen LogP contribution in [0, 0.1) is 5.92 Å². The Hall–Kier alpha value is -1.56. The van der Waals surface area contributed by atoms with Crippen molar-refractivity contribution in [2.24, 2.45) is 5.92 Å². The van der Waals surface area contributed by atoms with Crippen LogP contribution in [0.3, 0.4) is 0 Å². The van der Waals surface area contributed by atoms with Crippen molar-refractivity contribution in [1.29, 1.82) is 0 Å². The van der Waals surface area contributed by atoms with Crippen LogP contribution in [-0.2, 0) is 19.4 Å². The van der Waals surface area contributed by atoms with Crippen LogP contribution in [0.15, 0.2) is 29.2 Å². The molecule has 1 unspecified atom stereocenters. The van der Waals surface area contributed by atoms with Gasteiger partial charge in [0, 0.05) is 5.92 Å². The number of carbonyl (C=O) groups is 1. The van der Waals surface area contributed by atoms with Crippen LogP contribution in [0.25, 0.3) is 0 Å². The summed E-state index contributed by atoms with van der Waals surface area (Å²) in [5, 5.41) is -1.09. The molecular weight excluding hydrogens is 280 g/mol. The molecular formula is C14H18O5S. The van der Waals surface area contributed by atoms with Crippen LogP contribution in [0.4, 0.5) is 0 Å². The fourth-order valence-electron chi connectivity index (χ4n) is 2.45. The fraction of sp³-hybridized carbons (Fsp3) is 0.500. The maximum absolute atomic E-state index is 12.6. The summed E-state index contributed by atoms with van der Waals surface area (Å²) in [4.78, 5) is 11.9. The number of cyclic esters (lactones) is 1. The van der Waals surface area contributed by atoms with Gasteiger partial charge < -0.3 is 9.47 Å². The minimum Gasteiger partial charge on any atom is -0.497 e. The van der Waals surface area contributed by atoms with Gasteiger partial charge >= 0.3 is 5.97 Å². The molecule has 1 aromatic rings. The Kier molecular flexibility index (Phi) is 4.32. The molecule has 0 amide bonds. The van der Waals surface area contributed by atoms with Crippen molar-refractivity contribution in [2.45, 2.75) is 29.9 Å². The summed E-state index contributed by atoms with van der Waals surface area (Å²) in [6.45, 7) is 2.15. The number of hydrogen-bond donors (Lipinski definition) is 0. The van der Waals surface area contributed by atoms with Gasteiger partial charge in [-0.15, -0.1) is 0 Å². The first-order valence-corrected chi connectivity index (χ1v) is 8.10. The Balaban J connectivity index is 2.34. The highest BCUT2D eigenvalue weighted by Gasteiger charge is 2.46. The number of benzene rings is 1. The van der Waals surface area contributed by atoms with E-state index in [1.807, 2.05) is 6.92 Å². The lowest BCUT2D eigenvalue weighted by atomic mass is 10.0. The molecule has 20 heavy (non-hydrogen) atoms. The molecule has 5 nitrogen and oxygen atoms in total. The SMILES string of the molecule is CCC[C@H]1COC(=O)C1S(=O)(=O)c1ccc(OC)cc1. The average Bonchev–Trinajstić information content (AvgIpc) is 2.81. The maximum Gasteiger partial charge on any atom is 0.325 e. The molecule has 1 saturated heterocycles. The van der Waals surface area contributed by atoms with E-state index < -0.39 is 21.1 Å². The second-order valence-electron chi connectivity index (χ2n) is 4.82. The van der Waals surface area contributed by atoms with Crippen molar-refractivity contribution in [1.82, 2.24) is 0 Å². The number of carbonyl (C=O) groups excluding carboxylic acids is 1. The van der Waals surface area contributed by atoms with Gasteiger partial charge in [-0.3, -0.25) is 4.79 Å².